The minimum atomic E-state index is -0.891. The highest BCUT2D eigenvalue weighted by Crippen LogP contribution is 2.44. The molecule has 1 aliphatic heterocycles. The monoisotopic (exact) mass is 461 g/mol. The summed E-state index contributed by atoms with van der Waals surface area (Å²) in [5.74, 6) is -1.27. The summed E-state index contributed by atoms with van der Waals surface area (Å²) in [4.78, 5) is 40.3. The highest BCUT2D eigenvalue weighted by atomic mass is 16.6. The van der Waals surface area contributed by atoms with Crippen LogP contribution in [0.15, 0.2) is 40.7 Å². The molecule has 0 radical (unpaired) electrons. The Morgan fingerprint density at radius 2 is 1.18 bits per heavy atom. The van der Waals surface area contributed by atoms with Crippen LogP contribution >= 0.6 is 0 Å². The summed E-state index contributed by atoms with van der Waals surface area (Å²) in [6.45, 7) is 8.59. The molecule has 0 atom stereocenters. The Morgan fingerprint density at radius 3 is 1.55 bits per heavy atom. The number of methoxy groups -OCH3 is 2. The van der Waals surface area contributed by atoms with Crippen molar-refractivity contribution in [2.75, 3.05) is 34.0 Å². The fraction of sp³-hybridized carbons (Fsp3) is 0.458. The second kappa shape index (κ2) is 11.4. The molecule has 2 rings (SSSR count). The van der Waals surface area contributed by atoms with Gasteiger partial charge in [-0.2, -0.15) is 0 Å². The summed E-state index contributed by atoms with van der Waals surface area (Å²) in [5, 5.41) is 0. The molecule has 9 heteroatoms. The van der Waals surface area contributed by atoms with Gasteiger partial charge in [-0.1, -0.05) is 0 Å². The van der Waals surface area contributed by atoms with Gasteiger partial charge >= 0.3 is 18.0 Å². The number of benzene rings is 1. The van der Waals surface area contributed by atoms with Crippen molar-refractivity contribution in [1.29, 1.82) is 0 Å². The molecule has 9 nitrogen and oxygen atoms in total. The Kier molecular flexibility index (Phi) is 8.90. The maximum atomic E-state index is 13.2. The lowest BCUT2D eigenvalue weighted by molar-refractivity contribution is -0.139. The van der Waals surface area contributed by atoms with Gasteiger partial charge in [-0.25, -0.2) is 14.4 Å². The van der Waals surface area contributed by atoms with Crippen LogP contribution in [-0.4, -0.2) is 57.0 Å². The molecule has 1 aromatic rings. The van der Waals surface area contributed by atoms with E-state index in [1.807, 2.05) is 0 Å². The number of ether oxygens (including phenoxy) is 5. The lowest BCUT2D eigenvalue weighted by Crippen LogP contribution is -2.38. The number of esters is 2. The topological polar surface area (TPSA) is 101 Å². The van der Waals surface area contributed by atoms with Crippen LogP contribution in [0.1, 0.15) is 46.1 Å². The van der Waals surface area contributed by atoms with E-state index >= 15 is 0 Å². The first-order valence-corrected chi connectivity index (χ1v) is 10.7. The number of carbonyl (C=O) groups is 3. The molecule has 0 aromatic heterocycles. The van der Waals surface area contributed by atoms with Crippen LogP contribution in [0.4, 0.5) is 4.79 Å². The number of allylic oxidation sites excluding steroid dienone is 2. The second-order valence-electron chi connectivity index (χ2n) is 7.05. The van der Waals surface area contributed by atoms with Crippen LogP contribution in [0.25, 0.3) is 0 Å². The zero-order valence-electron chi connectivity index (χ0n) is 20.1. The molecule has 0 fully saturated rings. The molecular formula is C24H31NO8. The Labute approximate surface area is 193 Å². The van der Waals surface area contributed by atoms with Gasteiger partial charge in [-0.3, -0.25) is 4.90 Å². The molecule has 1 amide bonds. The molecule has 0 saturated carbocycles. The summed E-state index contributed by atoms with van der Waals surface area (Å²) in [6.07, 6.45) is -0.710. The molecule has 0 aliphatic carbocycles. The van der Waals surface area contributed by atoms with Crippen molar-refractivity contribution >= 4 is 18.0 Å². The van der Waals surface area contributed by atoms with Crippen LogP contribution in [-0.2, 0) is 23.8 Å². The van der Waals surface area contributed by atoms with E-state index in [1.54, 1.807) is 52.8 Å². The van der Waals surface area contributed by atoms with Crippen molar-refractivity contribution in [3.63, 3.8) is 0 Å². The maximum absolute atomic E-state index is 13.2. The van der Waals surface area contributed by atoms with Crippen LogP contribution < -0.4 is 9.47 Å². The van der Waals surface area contributed by atoms with Crippen LogP contribution in [0.2, 0.25) is 0 Å². The summed E-state index contributed by atoms with van der Waals surface area (Å²) in [7, 11) is 3.01. The van der Waals surface area contributed by atoms with Gasteiger partial charge in [0.25, 0.3) is 0 Å². The Balaban J connectivity index is 2.89. The summed E-state index contributed by atoms with van der Waals surface area (Å²) in [5.41, 5.74) is 1.37. The molecular weight excluding hydrogens is 430 g/mol. The van der Waals surface area contributed by atoms with Crippen LogP contribution in [0, 0.1) is 0 Å². The lowest BCUT2D eigenvalue weighted by Gasteiger charge is -2.36. The van der Waals surface area contributed by atoms with E-state index in [1.165, 1.54) is 19.1 Å². The first kappa shape index (κ1) is 25.8. The molecule has 0 N–H and O–H groups in total. The molecule has 0 bridgehead atoms. The van der Waals surface area contributed by atoms with Crippen molar-refractivity contribution in [3.8, 4) is 11.5 Å². The summed E-state index contributed by atoms with van der Waals surface area (Å²) >= 11 is 0. The van der Waals surface area contributed by atoms with Gasteiger partial charge < -0.3 is 23.7 Å². The largest absolute Gasteiger partial charge is 0.497 e. The van der Waals surface area contributed by atoms with Crippen LogP contribution in [0.3, 0.4) is 0 Å². The van der Waals surface area contributed by atoms with Crippen molar-refractivity contribution in [2.45, 2.75) is 40.5 Å². The second-order valence-corrected chi connectivity index (χ2v) is 7.05. The molecule has 180 valence electrons. The minimum Gasteiger partial charge on any atom is -0.497 e. The molecule has 1 aliphatic rings. The van der Waals surface area contributed by atoms with Gasteiger partial charge in [0.2, 0.25) is 0 Å². The molecule has 1 aromatic carbocycles. The van der Waals surface area contributed by atoms with E-state index < -0.39 is 23.9 Å². The Hall–Kier alpha value is -3.49. The predicted octanol–water partition coefficient (Wildman–Crippen LogP) is 3.93. The number of rotatable bonds is 8. The smallest absolute Gasteiger partial charge is 0.418 e. The summed E-state index contributed by atoms with van der Waals surface area (Å²) in [6, 6.07) is 5.08. The van der Waals surface area contributed by atoms with Crippen LogP contribution in [0.5, 0.6) is 11.5 Å². The van der Waals surface area contributed by atoms with E-state index in [2.05, 4.69) is 0 Å². The normalized spacial score (nSPS) is 14.2. The van der Waals surface area contributed by atoms with E-state index in [-0.39, 0.29) is 31.0 Å². The quantitative estimate of drug-likeness (QED) is 0.424. The maximum Gasteiger partial charge on any atom is 0.418 e. The van der Waals surface area contributed by atoms with Gasteiger partial charge in [0.1, 0.15) is 11.5 Å². The zero-order valence-corrected chi connectivity index (χ0v) is 20.1. The number of hydrogen-bond acceptors (Lipinski definition) is 8. The van der Waals surface area contributed by atoms with E-state index in [0.717, 1.165) is 0 Å². The minimum absolute atomic E-state index is 0.112. The molecule has 0 spiro atoms. The highest BCUT2D eigenvalue weighted by Gasteiger charge is 2.43. The van der Waals surface area contributed by atoms with Crippen molar-refractivity contribution < 1.29 is 38.1 Å². The third-order valence-electron chi connectivity index (χ3n) is 5.18. The average Bonchev–Trinajstić information content (AvgIpc) is 2.78. The molecule has 1 heterocycles. The fourth-order valence-corrected chi connectivity index (χ4v) is 3.79. The average molecular weight is 462 g/mol. The fourth-order valence-electron chi connectivity index (χ4n) is 3.79. The molecule has 0 saturated heterocycles. The number of hydrogen-bond donors (Lipinski definition) is 0. The first-order valence-electron chi connectivity index (χ1n) is 10.7. The summed E-state index contributed by atoms with van der Waals surface area (Å²) < 4.78 is 26.6. The third-order valence-corrected chi connectivity index (χ3v) is 5.18. The van der Waals surface area contributed by atoms with E-state index in [0.29, 0.717) is 28.5 Å². The van der Waals surface area contributed by atoms with Crippen molar-refractivity contribution in [3.05, 3.63) is 46.3 Å². The highest BCUT2D eigenvalue weighted by molar-refractivity contribution is 6.01. The zero-order chi connectivity index (χ0) is 24.7. The number of carbonyl (C=O) groups excluding carboxylic acids is 3. The van der Waals surface area contributed by atoms with Gasteiger partial charge in [0.15, 0.2) is 0 Å². The van der Waals surface area contributed by atoms with E-state index in [4.69, 9.17) is 23.7 Å². The van der Waals surface area contributed by atoms with Crippen molar-refractivity contribution in [1.82, 2.24) is 4.90 Å². The Morgan fingerprint density at radius 1 is 0.758 bits per heavy atom. The third kappa shape index (κ3) is 5.30. The first-order chi connectivity index (χ1) is 15.7. The SMILES string of the molecule is CCOC(=O)C1=C(C)N(C(=O)OCC)C(C)=C(C(=O)OCC)C1c1cc(OC)cc(OC)c1. The van der Waals surface area contributed by atoms with Gasteiger partial charge in [-0.05, 0) is 52.3 Å². The number of nitrogens with zero attached hydrogens (tertiary/aromatic N) is 1. The predicted molar refractivity (Wildman–Crippen MR) is 120 cm³/mol. The van der Waals surface area contributed by atoms with Crippen molar-refractivity contribution in [2.24, 2.45) is 0 Å². The Bertz CT molecular complexity index is 914. The van der Waals surface area contributed by atoms with E-state index in [9.17, 15) is 14.4 Å². The lowest BCUT2D eigenvalue weighted by atomic mass is 9.79. The standard InChI is InChI=1S/C24H31NO8/c1-8-31-22(26)19-14(4)25(24(28)33-10-3)15(5)20(23(27)32-9-2)21(19)16-11-17(29-6)13-18(12-16)30-7/h11-13,21H,8-10H2,1-7H3. The van der Waals surface area contributed by atoms with Gasteiger partial charge in [-0.15, -0.1) is 0 Å². The molecule has 0 unspecified atom stereocenters. The molecule has 33 heavy (non-hydrogen) atoms. The van der Waals surface area contributed by atoms with Gasteiger partial charge in [0, 0.05) is 17.5 Å². The number of amides is 1. The van der Waals surface area contributed by atoms with Gasteiger partial charge in [0.05, 0.1) is 51.1 Å².